The van der Waals surface area contributed by atoms with Crippen LogP contribution in [0.3, 0.4) is 0 Å². The summed E-state index contributed by atoms with van der Waals surface area (Å²) in [5, 5.41) is 4.03. The SMILES string of the molecule is CNC(Cc1ccc(Br)cc1)c1ccc(Cl)cc1OC. The Morgan fingerprint density at radius 1 is 1.20 bits per heavy atom. The number of benzene rings is 2. The highest BCUT2D eigenvalue weighted by Gasteiger charge is 2.15. The predicted molar refractivity (Wildman–Crippen MR) is 87.7 cm³/mol. The maximum absolute atomic E-state index is 6.02. The average molecular weight is 355 g/mol. The van der Waals surface area contributed by atoms with E-state index in [4.69, 9.17) is 16.3 Å². The van der Waals surface area contributed by atoms with Crippen LogP contribution < -0.4 is 10.1 Å². The van der Waals surface area contributed by atoms with Crippen LogP contribution in [0.2, 0.25) is 5.02 Å². The van der Waals surface area contributed by atoms with Gasteiger partial charge in [0.05, 0.1) is 7.11 Å². The van der Waals surface area contributed by atoms with Gasteiger partial charge in [0.15, 0.2) is 0 Å². The summed E-state index contributed by atoms with van der Waals surface area (Å²) in [5.74, 6) is 0.814. The second kappa shape index (κ2) is 7.11. The minimum Gasteiger partial charge on any atom is -0.496 e. The van der Waals surface area contributed by atoms with Gasteiger partial charge in [0.1, 0.15) is 5.75 Å². The van der Waals surface area contributed by atoms with Crippen LogP contribution in [0.5, 0.6) is 5.75 Å². The average Bonchev–Trinajstić information content (AvgIpc) is 2.47. The smallest absolute Gasteiger partial charge is 0.125 e. The van der Waals surface area contributed by atoms with Crippen molar-refractivity contribution in [2.24, 2.45) is 0 Å². The number of methoxy groups -OCH3 is 1. The molecule has 106 valence electrons. The molecule has 0 aliphatic rings. The molecule has 0 radical (unpaired) electrons. The molecule has 0 spiro atoms. The quantitative estimate of drug-likeness (QED) is 0.846. The zero-order chi connectivity index (χ0) is 14.5. The number of ether oxygens (including phenoxy) is 1. The third kappa shape index (κ3) is 3.75. The molecule has 0 fully saturated rings. The lowest BCUT2D eigenvalue weighted by molar-refractivity contribution is 0.401. The van der Waals surface area contributed by atoms with E-state index in [0.717, 1.165) is 22.2 Å². The monoisotopic (exact) mass is 353 g/mol. The molecule has 2 rings (SSSR count). The van der Waals surface area contributed by atoms with Crippen molar-refractivity contribution >= 4 is 27.5 Å². The van der Waals surface area contributed by atoms with Crippen molar-refractivity contribution in [3.8, 4) is 5.75 Å². The van der Waals surface area contributed by atoms with Gasteiger partial charge in [0.2, 0.25) is 0 Å². The van der Waals surface area contributed by atoms with Crippen molar-refractivity contribution in [2.75, 3.05) is 14.2 Å². The third-order valence-corrected chi connectivity index (χ3v) is 4.04. The van der Waals surface area contributed by atoms with Crippen molar-refractivity contribution in [1.82, 2.24) is 5.32 Å². The van der Waals surface area contributed by atoms with Crippen LogP contribution in [0, 0.1) is 0 Å². The zero-order valence-corrected chi connectivity index (χ0v) is 13.8. The molecule has 0 amide bonds. The molecular formula is C16H17BrClNO. The molecule has 2 aromatic carbocycles. The molecule has 1 N–H and O–H groups in total. The van der Waals surface area contributed by atoms with E-state index in [9.17, 15) is 0 Å². The number of likely N-dealkylation sites (N-methyl/N-ethyl adjacent to an activating group) is 1. The molecule has 20 heavy (non-hydrogen) atoms. The molecule has 0 heterocycles. The third-order valence-electron chi connectivity index (χ3n) is 3.27. The molecular weight excluding hydrogens is 338 g/mol. The molecule has 4 heteroatoms. The fourth-order valence-electron chi connectivity index (χ4n) is 2.20. The minimum absolute atomic E-state index is 0.184. The number of nitrogens with one attached hydrogen (secondary N) is 1. The van der Waals surface area contributed by atoms with Gasteiger partial charge in [-0.15, -0.1) is 0 Å². The van der Waals surface area contributed by atoms with E-state index in [1.165, 1.54) is 5.56 Å². The Hall–Kier alpha value is -1.03. The lowest BCUT2D eigenvalue weighted by Gasteiger charge is -2.20. The van der Waals surface area contributed by atoms with Crippen molar-refractivity contribution in [2.45, 2.75) is 12.5 Å². The first-order valence-electron chi connectivity index (χ1n) is 6.39. The van der Waals surface area contributed by atoms with Crippen LogP contribution in [0.15, 0.2) is 46.9 Å². The van der Waals surface area contributed by atoms with E-state index in [1.807, 2.05) is 25.2 Å². The molecule has 0 aromatic heterocycles. The van der Waals surface area contributed by atoms with Gasteiger partial charge in [-0.25, -0.2) is 0 Å². The van der Waals surface area contributed by atoms with Gasteiger partial charge in [-0.1, -0.05) is 45.7 Å². The summed E-state index contributed by atoms with van der Waals surface area (Å²) in [6.45, 7) is 0. The Balaban J connectivity index is 2.26. The van der Waals surface area contributed by atoms with Gasteiger partial charge in [-0.05, 0) is 43.3 Å². The van der Waals surface area contributed by atoms with Gasteiger partial charge in [-0.2, -0.15) is 0 Å². The first kappa shape index (κ1) is 15.4. The van der Waals surface area contributed by atoms with Crippen molar-refractivity contribution in [3.63, 3.8) is 0 Å². The Morgan fingerprint density at radius 3 is 2.50 bits per heavy atom. The number of hydrogen-bond acceptors (Lipinski definition) is 2. The maximum atomic E-state index is 6.02. The molecule has 0 saturated carbocycles. The van der Waals surface area contributed by atoms with Crippen molar-refractivity contribution in [3.05, 3.63) is 63.1 Å². The number of halogens is 2. The predicted octanol–water partition coefficient (Wildman–Crippen LogP) is 4.61. The van der Waals surface area contributed by atoms with Gasteiger partial charge >= 0.3 is 0 Å². The Bertz CT molecular complexity index is 571. The summed E-state index contributed by atoms with van der Waals surface area (Å²) in [7, 11) is 3.62. The molecule has 2 nitrogen and oxygen atoms in total. The number of hydrogen-bond donors (Lipinski definition) is 1. The molecule has 0 bridgehead atoms. The number of rotatable bonds is 5. The first-order chi connectivity index (χ1) is 9.63. The summed E-state index contributed by atoms with van der Waals surface area (Å²) >= 11 is 9.47. The van der Waals surface area contributed by atoms with E-state index in [1.54, 1.807) is 7.11 Å². The maximum Gasteiger partial charge on any atom is 0.125 e. The van der Waals surface area contributed by atoms with Crippen LogP contribution in [0.25, 0.3) is 0 Å². The molecule has 2 aromatic rings. The van der Waals surface area contributed by atoms with Crippen LogP contribution in [-0.4, -0.2) is 14.2 Å². The van der Waals surface area contributed by atoms with Crippen LogP contribution in [-0.2, 0) is 6.42 Å². The Morgan fingerprint density at radius 2 is 1.90 bits per heavy atom. The van der Waals surface area contributed by atoms with Gasteiger partial charge in [-0.3, -0.25) is 0 Å². The minimum atomic E-state index is 0.184. The Kier molecular flexibility index (Phi) is 5.46. The first-order valence-corrected chi connectivity index (χ1v) is 7.56. The highest BCUT2D eigenvalue weighted by molar-refractivity contribution is 9.10. The zero-order valence-electron chi connectivity index (χ0n) is 11.5. The van der Waals surface area contributed by atoms with Crippen molar-refractivity contribution in [1.29, 1.82) is 0 Å². The highest BCUT2D eigenvalue weighted by Crippen LogP contribution is 2.30. The lowest BCUT2D eigenvalue weighted by Crippen LogP contribution is -2.19. The molecule has 1 atom stereocenters. The van der Waals surface area contributed by atoms with Gasteiger partial charge in [0, 0.05) is 21.1 Å². The topological polar surface area (TPSA) is 21.3 Å². The van der Waals surface area contributed by atoms with Crippen molar-refractivity contribution < 1.29 is 4.74 Å². The summed E-state index contributed by atoms with van der Waals surface area (Å²) in [5.41, 5.74) is 2.38. The van der Waals surface area contributed by atoms with E-state index >= 15 is 0 Å². The fraction of sp³-hybridized carbons (Fsp3) is 0.250. The molecule has 0 aliphatic carbocycles. The van der Waals surface area contributed by atoms with E-state index in [2.05, 4.69) is 45.5 Å². The van der Waals surface area contributed by atoms with Crippen LogP contribution >= 0.6 is 27.5 Å². The van der Waals surface area contributed by atoms with Crippen LogP contribution in [0.1, 0.15) is 17.2 Å². The normalized spacial score (nSPS) is 12.2. The van der Waals surface area contributed by atoms with E-state index in [0.29, 0.717) is 5.02 Å². The van der Waals surface area contributed by atoms with Gasteiger partial charge < -0.3 is 10.1 Å². The van der Waals surface area contributed by atoms with Crippen LogP contribution in [0.4, 0.5) is 0 Å². The molecule has 1 unspecified atom stereocenters. The summed E-state index contributed by atoms with van der Waals surface area (Å²) in [4.78, 5) is 0. The molecule has 0 saturated heterocycles. The Labute approximate surface area is 133 Å². The summed E-state index contributed by atoms with van der Waals surface area (Å²) in [6, 6.07) is 14.3. The summed E-state index contributed by atoms with van der Waals surface area (Å²) in [6.07, 6.45) is 0.891. The van der Waals surface area contributed by atoms with Gasteiger partial charge in [0.25, 0.3) is 0 Å². The second-order valence-corrected chi connectivity index (χ2v) is 5.91. The summed E-state index contributed by atoms with van der Waals surface area (Å²) < 4.78 is 6.52. The lowest BCUT2D eigenvalue weighted by atomic mass is 9.98. The fourth-order valence-corrected chi connectivity index (χ4v) is 2.62. The van der Waals surface area contributed by atoms with E-state index < -0.39 is 0 Å². The molecule has 0 aliphatic heterocycles. The van der Waals surface area contributed by atoms with E-state index in [-0.39, 0.29) is 6.04 Å². The highest BCUT2D eigenvalue weighted by atomic mass is 79.9. The largest absolute Gasteiger partial charge is 0.496 e. The second-order valence-electron chi connectivity index (χ2n) is 4.56. The standard InChI is InChI=1S/C16H17BrClNO/c1-19-15(9-11-3-5-12(17)6-4-11)14-8-7-13(18)10-16(14)20-2/h3-8,10,15,19H,9H2,1-2H3.